The van der Waals surface area contributed by atoms with Crippen molar-refractivity contribution in [3.63, 3.8) is 0 Å². The number of hydrogen-bond donors (Lipinski definition) is 1. The van der Waals surface area contributed by atoms with Gasteiger partial charge in [-0.25, -0.2) is 4.79 Å². The van der Waals surface area contributed by atoms with Crippen molar-refractivity contribution >= 4 is 6.09 Å². The molecule has 118 valence electrons. The van der Waals surface area contributed by atoms with Crippen molar-refractivity contribution in [2.24, 2.45) is 5.41 Å². The van der Waals surface area contributed by atoms with Crippen molar-refractivity contribution < 1.29 is 19.4 Å². The van der Waals surface area contributed by atoms with Crippen LogP contribution in [0.15, 0.2) is 0 Å². The predicted octanol–water partition coefficient (Wildman–Crippen LogP) is 2.77. The van der Waals surface area contributed by atoms with Crippen LogP contribution in [0, 0.1) is 5.41 Å². The Kier molecular flexibility index (Phi) is 4.21. The van der Waals surface area contributed by atoms with Crippen molar-refractivity contribution in [2.75, 3.05) is 13.2 Å². The Morgan fingerprint density at radius 2 is 1.75 bits per heavy atom. The van der Waals surface area contributed by atoms with E-state index in [1.54, 1.807) is 4.90 Å². The predicted molar refractivity (Wildman–Crippen MR) is 77.4 cm³/mol. The van der Waals surface area contributed by atoms with Gasteiger partial charge >= 0.3 is 6.09 Å². The monoisotopic (exact) mass is 287 g/mol. The highest BCUT2D eigenvalue weighted by Gasteiger charge is 2.60. The lowest BCUT2D eigenvalue weighted by Gasteiger charge is -2.48. The summed E-state index contributed by atoms with van der Waals surface area (Å²) in [4.78, 5) is 14.2. The van der Waals surface area contributed by atoms with Gasteiger partial charge in [-0.05, 0) is 40.0 Å². The van der Waals surface area contributed by atoms with E-state index in [4.69, 9.17) is 9.47 Å². The number of nitrogens with zero attached hydrogens (tertiary/aromatic N) is 1. The Bertz CT molecular complexity index is 378. The molecule has 0 aromatic heterocycles. The normalized spacial score (nSPS) is 26.8. The van der Waals surface area contributed by atoms with Crippen LogP contribution in [0.25, 0.3) is 0 Å². The van der Waals surface area contributed by atoms with Crippen LogP contribution in [-0.4, -0.2) is 46.2 Å². The second-order valence-electron chi connectivity index (χ2n) is 7.99. The summed E-state index contributed by atoms with van der Waals surface area (Å²) in [5.41, 5.74) is -2.53. The maximum absolute atomic E-state index is 12.6. The molecule has 1 amide bonds. The number of ether oxygens (including phenoxy) is 2. The highest BCUT2D eigenvalue weighted by molar-refractivity contribution is 5.71. The third-order valence-electron chi connectivity index (χ3n) is 3.86. The molecule has 1 aliphatic heterocycles. The third kappa shape index (κ3) is 2.93. The number of rotatable bonds is 1. The first-order valence-electron chi connectivity index (χ1n) is 7.05. The van der Waals surface area contributed by atoms with Gasteiger partial charge in [0.15, 0.2) is 0 Å². The minimum atomic E-state index is -0.807. The fourth-order valence-electron chi connectivity index (χ4n) is 2.55. The Labute approximate surface area is 122 Å². The Hall–Kier alpha value is -0.810. The molecule has 0 aliphatic carbocycles. The number of aliphatic hydroxyl groups is 1. The summed E-state index contributed by atoms with van der Waals surface area (Å²) in [7, 11) is 0. The van der Waals surface area contributed by atoms with E-state index in [-0.39, 0.29) is 12.0 Å². The van der Waals surface area contributed by atoms with Gasteiger partial charge in [-0.1, -0.05) is 20.8 Å². The van der Waals surface area contributed by atoms with Crippen LogP contribution in [-0.2, 0) is 9.47 Å². The summed E-state index contributed by atoms with van der Waals surface area (Å²) >= 11 is 0. The van der Waals surface area contributed by atoms with E-state index < -0.39 is 23.0 Å². The topological polar surface area (TPSA) is 59.0 Å². The second kappa shape index (κ2) is 4.88. The molecule has 1 atom stereocenters. The highest BCUT2D eigenvalue weighted by Crippen LogP contribution is 2.46. The molecule has 5 nitrogen and oxygen atoms in total. The first kappa shape index (κ1) is 17.2. The van der Waals surface area contributed by atoms with E-state index in [0.717, 1.165) is 0 Å². The third-order valence-corrected chi connectivity index (χ3v) is 3.86. The maximum Gasteiger partial charge on any atom is 0.413 e. The van der Waals surface area contributed by atoms with E-state index in [9.17, 15) is 9.90 Å². The molecule has 1 fully saturated rings. The molecule has 20 heavy (non-hydrogen) atoms. The van der Waals surface area contributed by atoms with Gasteiger partial charge in [0.05, 0.1) is 13.2 Å². The largest absolute Gasteiger partial charge is 0.444 e. The smallest absolute Gasteiger partial charge is 0.413 e. The lowest BCUT2D eigenvalue weighted by Crippen LogP contribution is -2.64. The van der Waals surface area contributed by atoms with Crippen LogP contribution < -0.4 is 0 Å². The molecular formula is C15H29NO4. The first-order valence-corrected chi connectivity index (χ1v) is 7.05. The van der Waals surface area contributed by atoms with Crippen LogP contribution in [0.2, 0.25) is 0 Å². The van der Waals surface area contributed by atoms with Crippen molar-refractivity contribution in [3.8, 4) is 0 Å². The highest BCUT2D eigenvalue weighted by atomic mass is 16.6. The quantitative estimate of drug-likeness (QED) is 0.805. The molecule has 0 spiro atoms. The van der Waals surface area contributed by atoms with Crippen molar-refractivity contribution in [3.05, 3.63) is 0 Å². The van der Waals surface area contributed by atoms with Crippen molar-refractivity contribution in [2.45, 2.75) is 72.3 Å². The standard InChI is InChI=1S/C15H29NO4/c1-12(2,3)15(9-17)10-19-14(7,8)16(15)11(18)20-13(4,5)6/h17H,9-10H2,1-8H3/t15-/m1/s1. The van der Waals surface area contributed by atoms with E-state index in [2.05, 4.69) is 0 Å². The van der Waals surface area contributed by atoms with Crippen LogP contribution in [0.5, 0.6) is 0 Å². The number of carbonyl (C=O) groups excluding carboxylic acids is 1. The van der Waals surface area contributed by atoms with E-state index in [1.165, 1.54) is 0 Å². The molecule has 0 aromatic rings. The fourth-order valence-corrected chi connectivity index (χ4v) is 2.55. The summed E-state index contributed by atoms with van der Waals surface area (Å²) in [6.45, 7) is 15.2. The molecule has 0 aromatic carbocycles. The minimum absolute atomic E-state index is 0.167. The molecule has 1 N–H and O–H groups in total. The Balaban J connectivity index is 3.24. The van der Waals surface area contributed by atoms with Crippen LogP contribution in [0.4, 0.5) is 4.79 Å². The van der Waals surface area contributed by atoms with Gasteiger partial charge in [0.2, 0.25) is 0 Å². The molecule has 1 aliphatic rings. The second-order valence-corrected chi connectivity index (χ2v) is 7.99. The molecule has 1 saturated heterocycles. The fraction of sp³-hybridized carbons (Fsp3) is 0.933. The van der Waals surface area contributed by atoms with Gasteiger partial charge < -0.3 is 14.6 Å². The van der Waals surface area contributed by atoms with Crippen molar-refractivity contribution in [1.29, 1.82) is 0 Å². The average Bonchev–Trinajstić information content (AvgIpc) is 2.47. The molecule has 0 bridgehead atoms. The average molecular weight is 287 g/mol. The number of aliphatic hydroxyl groups excluding tert-OH is 1. The minimum Gasteiger partial charge on any atom is -0.444 e. The number of hydrogen-bond acceptors (Lipinski definition) is 4. The Morgan fingerprint density at radius 1 is 1.25 bits per heavy atom. The summed E-state index contributed by atoms with van der Waals surface area (Å²) in [5, 5.41) is 9.97. The molecule has 0 radical (unpaired) electrons. The first-order chi connectivity index (χ1) is 8.77. The zero-order valence-corrected chi connectivity index (χ0v) is 14.0. The number of carbonyl (C=O) groups is 1. The summed E-state index contributed by atoms with van der Waals surface area (Å²) in [6, 6.07) is 0. The van der Waals surface area contributed by atoms with E-state index >= 15 is 0 Å². The SMILES string of the molecule is CC(C)(C)OC(=O)N1C(C)(C)OC[C@]1(CO)C(C)(C)C. The van der Waals surface area contributed by atoms with Gasteiger partial charge in [-0.3, -0.25) is 4.90 Å². The molecule has 0 unspecified atom stereocenters. The molecule has 1 heterocycles. The molecule has 5 heteroatoms. The number of amides is 1. The van der Waals surface area contributed by atoms with E-state index in [0.29, 0.717) is 6.61 Å². The summed E-state index contributed by atoms with van der Waals surface area (Å²) in [6.07, 6.45) is -0.455. The van der Waals surface area contributed by atoms with Crippen LogP contribution in [0.1, 0.15) is 55.4 Å². The van der Waals surface area contributed by atoms with Crippen LogP contribution >= 0.6 is 0 Å². The molecule has 1 rings (SSSR count). The van der Waals surface area contributed by atoms with E-state index in [1.807, 2.05) is 55.4 Å². The Morgan fingerprint density at radius 3 is 2.10 bits per heavy atom. The van der Waals surface area contributed by atoms with Crippen LogP contribution in [0.3, 0.4) is 0 Å². The van der Waals surface area contributed by atoms with Gasteiger partial charge in [0.25, 0.3) is 0 Å². The van der Waals surface area contributed by atoms with Gasteiger partial charge in [-0.15, -0.1) is 0 Å². The zero-order chi connectivity index (χ0) is 16.0. The van der Waals surface area contributed by atoms with Gasteiger partial charge in [-0.2, -0.15) is 0 Å². The van der Waals surface area contributed by atoms with Gasteiger partial charge in [0, 0.05) is 0 Å². The van der Waals surface area contributed by atoms with Gasteiger partial charge in [0.1, 0.15) is 16.9 Å². The summed E-state index contributed by atoms with van der Waals surface area (Å²) in [5.74, 6) is 0. The molecule has 0 saturated carbocycles. The lowest BCUT2D eigenvalue weighted by atomic mass is 9.73. The maximum atomic E-state index is 12.6. The lowest BCUT2D eigenvalue weighted by molar-refractivity contribution is -0.0884. The molecular weight excluding hydrogens is 258 g/mol. The summed E-state index contributed by atoms with van der Waals surface area (Å²) < 4.78 is 11.3. The van der Waals surface area contributed by atoms with Crippen molar-refractivity contribution in [1.82, 2.24) is 4.90 Å². The zero-order valence-electron chi connectivity index (χ0n) is 14.0.